The van der Waals surface area contributed by atoms with Gasteiger partial charge in [-0.05, 0) is 43.9 Å². The summed E-state index contributed by atoms with van der Waals surface area (Å²) in [5.74, 6) is -0.234. The Hall–Kier alpha value is -2.95. The lowest BCUT2D eigenvalue weighted by Gasteiger charge is -2.17. The zero-order chi connectivity index (χ0) is 16.5. The fourth-order valence-corrected chi connectivity index (χ4v) is 3.28. The van der Waals surface area contributed by atoms with Crippen LogP contribution in [-0.2, 0) is 6.42 Å². The fourth-order valence-electron chi connectivity index (χ4n) is 3.28. The summed E-state index contributed by atoms with van der Waals surface area (Å²) in [4.78, 5) is 17.0. The van der Waals surface area contributed by atoms with Crippen LogP contribution in [0.1, 0.15) is 40.2 Å². The molecule has 2 heterocycles. The van der Waals surface area contributed by atoms with Gasteiger partial charge >= 0.3 is 0 Å². The number of nitrogens with zero attached hydrogens (tertiary/aromatic N) is 3. The van der Waals surface area contributed by atoms with E-state index in [2.05, 4.69) is 27.6 Å². The number of imidazole rings is 1. The van der Waals surface area contributed by atoms with Gasteiger partial charge in [0.1, 0.15) is 11.3 Å². The summed E-state index contributed by atoms with van der Waals surface area (Å²) < 4.78 is 1.79. The molecule has 0 unspecified atom stereocenters. The number of benzene rings is 1. The number of hydrogen-bond donors (Lipinski definition) is 1. The highest BCUT2D eigenvalue weighted by Crippen LogP contribution is 2.21. The van der Waals surface area contributed by atoms with Gasteiger partial charge in [0.2, 0.25) is 0 Å². The van der Waals surface area contributed by atoms with Crippen LogP contribution < -0.4 is 5.43 Å². The minimum atomic E-state index is -0.234. The van der Waals surface area contributed by atoms with Gasteiger partial charge in [0.15, 0.2) is 0 Å². The number of rotatable bonds is 2. The molecule has 1 aliphatic rings. The molecule has 0 atom stereocenters. The van der Waals surface area contributed by atoms with Crippen LogP contribution in [0.4, 0.5) is 0 Å². The maximum atomic E-state index is 12.6. The third-order valence-corrected chi connectivity index (χ3v) is 4.40. The summed E-state index contributed by atoms with van der Waals surface area (Å²) in [7, 11) is 0. The maximum Gasteiger partial charge on any atom is 0.290 e. The number of carbonyl (C=O) groups is 1. The number of aryl methyl sites for hydroxylation is 2. The molecule has 0 saturated heterocycles. The van der Waals surface area contributed by atoms with Crippen molar-refractivity contribution in [3.05, 3.63) is 71.2 Å². The van der Waals surface area contributed by atoms with Crippen LogP contribution in [0.3, 0.4) is 0 Å². The molecule has 0 fully saturated rings. The number of hydrogen-bond acceptors (Lipinski definition) is 3. The Morgan fingerprint density at radius 1 is 1.17 bits per heavy atom. The van der Waals surface area contributed by atoms with Crippen molar-refractivity contribution >= 4 is 17.3 Å². The molecule has 2 aromatic heterocycles. The molecule has 0 saturated carbocycles. The summed E-state index contributed by atoms with van der Waals surface area (Å²) in [6.07, 6.45) is 4.84. The van der Waals surface area contributed by atoms with E-state index in [-0.39, 0.29) is 5.91 Å². The highest BCUT2D eigenvalue weighted by Gasteiger charge is 2.18. The standard InChI is InChI=1S/C19H18N4O/c1-13-18(23-12-5-4-11-17(23)20-13)19(24)22-21-16-10-6-8-14-7-2-3-9-15(14)16/h2-5,7,9,11-12H,6,8,10H2,1H3,(H,22,24). The number of carbonyl (C=O) groups excluding carboxylic acids is 1. The molecule has 0 radical (unpaired) electrons. The van der Waals surface area contributed by atoms with Crippen molar-refractivity contribution in [1.82, 2.24) is 14.8 Å². The molecule has 1 N–H and O–H groups in total. The van der Waals surface area contributed by atoms with Crippen LogP contribution in [0.25, 0.3) is 5.65 Å². The molecule has 24 heavy (non-hydrogen) atoms. The molecule has 1 amide bonds. The van der Waals surface area contributed by atoms with Crippen molar-refractivity contribution in [2.24, 2.45) is 5.10 Å². The molecule has 0 aliphatic heterocycles. The van der Waals surface area contributed by atoms with E-state index >= 15 is 0 Å². The van der Waals surface area contributed by atoms with Crippen molar-refractivity contribution < 1.29 is 4.79 Å². The maximum absolute atomic E-state index is 12.6. The summed E-state index contributed by atoms with van der Waals surface area (Å²) >= 11 is 0. The van der Waals surface area contributed by atoms with Gasteiger partial charge in [-0.3, -0.25) is 9.20 Å². The van der Waals surface area contributed by atoms with Gasteiger partial charge in [-0.1, -0.05) is 30.3 Å². The van der Waals surface area contributed by atoms with E-state index in [0.717, 1.165) is 36.2 Å². The van der Waals surface area contributed by atoms with Gasteiger partial charge in [0.05, 0.1) is 11.4 Å². The number of hydrazone groups is 1. The lowest BCUT2D eigenvalue weighted by atomic mass is 9.90. The third kappa shape index (κ3) is 2.48. The second kappa shape index (κ2) is 5.92. The minimum Gasteiger partial charge on any atom is -0.295 e. The molecule has 0 bridgehead atoms. The zero-order valence-electron chi connectivity index (χ0n) is 13.5. The first kappa shape index (κ1) is 14.6. The number of amides is 1. The topological polar surface area (TPSA) is 58.8 Å². The van der Waals surface area contributed by atoms with Crippen LogP contribution >= 0.6 is 0 Å². The Kier molecular flexibility index (Phi) is 3.61. The van der Waals surface area contributed by atoms with Crippen LogP contribution in [0.5, 0.6) is 0 Å². The Bertz CT molecular complexity index is 955. The van der Waals surface area contributed by atoms with E-state index in [9.17, 15) is 4.79 Å². The van der Waals surface area contributed by atoms with Gasteiger partial charge in [0, 0.05) is 11.8 Å². The van der Waals surface area contributed by atoms with Crippen LogP contribution in [0, 0.1) is 6.92 Å². The van der Waals surface area contributed by atoms with Crippen molar-refractivity contribution in [1.29, 1.82) is 0 Å². The van der Waals surface area contributed by atoms with Gasteiger partial charge in [-0.15, -0.1) is 0 Å². The SMILES string of the molecule is Cc1nc2ccccn2c1C(=O)NN=C1CCCc2ccccc21. The highest BCUT2D eigenvalue weighted by molar-refractivity contribution is 6.04. The van der Waals surface area contributed by atoms with E-state index in [1.165, 1.54) is 5.56 Å². The summed E-state index contributed by atoms with van der Waals surface area (Å²) in [5, 5.41) is 4.40. The first-order valence-corrected chi connectivity index (χ1v) is 8.13. The molecular formula is C19H18N4O. The van der Waals surface area contributed by atoms with E-state index in [1.807, 2.05) is 43.5 Å². The molecule has 1 aromatic carbocycles. The van der Waals surface area contributed by atoms with Gasteiger partial charge in [-0.2, -0.15) is 5.10 Å². The summed E-state index contributed by atoms with van der Waals surface area (Å²) in [6, 6.07) is 13.9. The lowest BCUT2D eigenvalue weighted by Crippen LogP contribution is -2.24. The predicted octanol–water partition coefficient (Wildman–Crippen LogP) is 3.11. The van der Waals surface area contributed by atoms with E-state index in [4.69, 9.17) is 0 Å². The van der Waals surface area contributed by atoms with E-state index in [0.29, 0.717) is 11.4 Å². The van der Waals surface area contributed by atoms with Gasteiger partial charge < -0.3 is 0 Å². The minimum absolute atomic E-state index is 0.234. The summed E-state index contributed by atoms with van der Waals surface area (Å²) in [6.45, 7) is 1.84. The number of nitrogens with one attached hydrogen (secondary N) is 1. The Morgan fingerprint density at radius 3 is 2.92 bits per heavy atom. The first-order chi connectivity index (χ1) is 11.7. The number of fused-ring (bicyclic) bond motifs is 2. The van der Waals surface area contributed by atoms with Crippen molar-refractivity contribution in [2.45, 2.75) is 26.2 Å². The molecule has 3 aromatic rings. The van der Waals surface area contributed by atoms with Crippen molar-refractivity contribution in [2.75, 3.05) is 0 Å². The van der Waals surface area contributed by atoms with Crippen molar-refractivity contribution in [3.63, 3.8) is 0 Å². The normalized spacial score (nSPS) is 15.5. The molecule has 1 aliphatic carbocycles. The molecule has 0 spiro atoms. The van der Waals surface area contributed by atoms with E-state index in [1.54, 1.807) is 4.40 Å². The number of pyridine rings is 1. The first-order valence-electron chi connectivity index (χ1n) is 8.13. The number of aromatic nitrogens is 2. The monoisotopic (exact) mass is 318 g/mol. The van der Waals surface area contributed by atoms with E-state index < -0.39 is 0 Å². The average Bonchev–Trinajstić information content (AvgIpc) is 2.95. The van der Waals surface area contributed by atoms with Crippen LogP contribution in [-0.4, -0.2) is 21.0 Å². The molecule has 4 rings (SSSR count). The predicted molar refractivity (Wildman–Crippen MR) is 93.3 cm³/mol. The van der Waals surface area contributed by atoms with Crippen LogP contribution in [0.2, 0.25) is 0 Å². The molecule has 5 heteroatoms. The smallest absolute Gasteiger partial charge is 0.290 e. The highest BCUT2D eigenvalue weighted by atomic mass is 16.2. The quantitative estimate of drug-likeness (QED) is 0.738. The Balaban J connectivity index is 1.64. The molecular weight excluding hydrogens is 300 g/mol. The molecule has 5 nitrogen and oxygen atoms in total. The lowest BCUT2D eigenvalue weighted by molar-refractivity contribution is 0.0948. The fraction of sp³-hybridized carbons (Fsp3) is 0.211. The van der Waals surface area contributed by atoms with Crippen LogP contribution in [0.15, 0.2) is 53.8 Å². The Morgan fingerprint density at radius 2 is 2.00 bits per heavy atom. The zero-order valence-corrected chi connectivity index (χ0v) is 13.5. The second-order valence-electron chi connectivity index (χ2n) is 5.98. The van der Waals surface area contributed by atoms with Crippen molar-refractivity contribution in [3.8, 4) is 0 Å². The van der Waals surface area contributed by atoms with Gasteiger partial charge in [0.25, 0.3) is 5.91 Å². The van der Waals surface area contributed by atoms with Gasteiger partial charge in [-0.25, -0.2) is 10.4 Å². The largest absolute Gasteiger partial charge is 0.295 e. The Labute approximate surface area is 140 Å². The second-order valence-corrected chi connectivity index (χ2v) is 5.98. The molecule has 120 valence electrons. The summed E-state index contributed by atoms with van der Waals surface area (Å²) in [5.41, 5.74) is 8.07. The average molecular weight is 318 g/mol. The third-order valence-electron chi connectivity index (χ3n) is 4.40.